The molecule has 3 aromatic rings. The summed E-state index contributed by atoms with van der Waals surface area (Å²) in [4.78, 5) is 23.7. The summed E-state index contributed by atoms with van der Waals surface area (Å²) < 4.78 is 7.53. The molecule has 4 heteroatoms. The van der Waals surface area contributed by atoms with E-state index in [1.165, 1.54) is 13.0 Å². The number of Topliss-reactive ketones (excluding diaryl/α,β-unsaturated/α-hetero) is 1. The number of fused-ring (bicyclic) bond motifs is 1. The van der Waals surface area contributed by atoms with Crippen LogP contribution in [0, 0.1) is 0 Å². The van der Waals surface area contributed by atoms with Gasteiger partial charge < -0.3 is 9.30 Å². The number of ketones is 2. The van der Waals surface area contributed by atoms with Gasteiger partial charge in [-0.3, -0.25) is 9.59 Å². The van der Waals surface area contributed by atoms with Crippen molar-refractivity contribution in [3.8, 4) is 5.75 Å². The molecule has 0 saturated carbocycles. The number of allylic oxidation sites excluding steroid dienone is 1. The van der Waals surface area contributed by atoms with E-state index < -0.39 is 0 Å². The van der Waals surface area contributed by atoms with Crippen molar-refractivity contribution in [3.63, 3.8) is 0 Å². The monoisotopic (exact) mass is 347 g/mol. The highest BCUT2D eigenvalue weighted by atomic mass is 16.5. The molecule has 2 aromatic carbocycles. The minimum absolute atomic E-state index is 0.0208. The topological polar surface area (TPSA) is 48.3 Å². The van der Waals surface area contributed by atoms with Crippen molar-refractivity contribution in [2.24, 2.45) is 0 Å². The molecule has 4 nitrogen and oxygen atoms in total. The second kappa shape index (κ2) is 7.40. The molecule has 1 aromatic heterocycles. The van der Waals surface area contributed by atoms with Crippen LogP contribution in [-0.4, -0.2) is 23.2 Å². The van der Waals surface area contributed by atoms with Gasteiger partial charge in [0.25, 0.3) is 0 Å². The van der Waals surface area contributed by atoms with Gasteiger partial charge in [-0.2, -0.15) is 0 Å². The van der Waals surface area contributed by atoms with Gasteiger partial charge in [-0.25, -0.2) is 0 Å². The molecule has 1 heterocycles. The first-order valence-electron chi connectivity index (χ1n) is 8.44. The average molecular weight is 347 g/mol. The highest BCUT2D eigenvalue weighted by Gasteiger charge is 2.17. The quantitative estimate of drug-likeness (QED) is 0.487. The maximum Gasteiger partial charge on any atom is 0.161 e. The van der Waals surface area contributed by atoms with E-state index in [1.54, 1.807) is 20.1 Å². The maximum absolute atomic E-state index is 12.3. The summed E-state index contributed by atoms with van der Waals surface area (Å²) in [6.45, 7) is 3.71. The third kappa shape index (κ3) is 3.45. The van der Waals surface area contributed by atoms with Crippen molar-refractivity contribution in [2.45, 2.75) is 20.4 Å². The first-order valence-corrected chi connectivity index (χ1v) is 8.44. The van der Waals surface area contributed by atoms with Gasteiger partial charge in [0.05, 0.1) is 7.11 Å². The highest BCUT2D eigenvalue weighted by Crippen LogP contribution is 2.34. The van der Waals surface area contributed by atoms with Crippen molar-refractivity contribution in [3.05, 3.63) is 71.4 Å². The van der Waals surface area contributed by atoms with E-state index in [9.17, 15) is 9.59 Å². The Bertz CT molecular complexity index is 997. The van der Waals surface area contributed by atoms with Gasteiger partial charge in [-0.05, 0) is 43.7 Å². The van der Waals surface area contributed by atoms with Crippen molar-refractivity contribution >= 4 is 28.5 Å². The summed E-state index contributed by atoms with van der Waals surface area (Å²) in [5.74, 6) is 0.555. The minimum Gasteiger partial charge on any atom is -0.496 e. The third-order valence-corrected chi connectivity index (χ3v) is 4.33. The summed E-state index contributed by atoms with van der Waals surface area (Å²) >= 11 is 0. The molecule has 0 aliphatic rings. The van der Waals surface area contributed by atoms with Gasteiger partial charge in [0, 0.05) is 34.8 Å². The van der Waals surface area contributed by atoms with Gasteiger partial charge in [0.15, 0.2) is 11.6 Å². The second-order valence-corrected chi connectivity index (χ2v) is 6.23. The number of nitrogens with zero attached hydrogens (tertiary/aromatic N) is 1. The molecule has 0 atom stereocenters. The van der Waals surface area contributed by atoms with E-state index in [1.807, 2.05) is 36.5 Å². The summed E-state index contributed by atoms with van der Waals surface area (Å²) in [5.41, 5.74) is 3.45. The molecule has 0 unspecified atom stereocenters. The number of methoxy groups -OCH3 is 1. The number of rotatable bonds is 6. The van der Waals surface area contributed by atoms with E-state index >= 15 is 0 Å². The third-order valence-electron chi connectivity index (χ3n) is 4.33. The fourth-order valence-electron chi connectivity index (χ4n) is 3.12. The predicted molar refractivity (Wildman–Crippen MR) is 104 cm³/mol. The van der Waals surface area contributed by atoms with Crippen LogP contribution in [0.25, 0.3) is 17.0 Å². The van der Waals surface area contributed by atoms with Gasteiger partial charge >= 0.3 is 0 Å². The minimum atomic E-state index is -0.0582. The molecule has 0 spiro atoms. The smallest absolute Gasteiger partial charge is 0.161 e. The van der Waals surface area contributed by atoms with Crippen LogP contribution in [-0.2, 0) is 11.3 Å². The Morgan fingerprint density at radius 3 is 2.42 bits per heavy atom. The lowest BCUT2D eigenvalue weighted by molar-refractivity contribution is -0.112. The maximum atomic E-state index is 12.3. The fourth-order valence-corrected chi connectivity index (χ4v) is 3.12. The normalized spacial score (nSPS) is 11.2. The molecule has 0 amide bonds. The van der Waals surface area contributed by atoms with Crippen LogP contribution in [0.1, 0.15) is 35.3 Å². The fraction of sp³-hybridized carbons (Fsp3) is 0.182. The first-order chi connectivity index (χ1) is 12.5. The second-order valence-electron chi connectivity index (χ2n) is 6.23. The van der Waals surface area contributed by atoms with Crippen LogP contribution in [0.3, 0.4) is 0 Å². The van der Waals surface area contributed by atoms with Crippen LogP contribution in [0.2, 0.25) is 0 Å². The summed E-state index contributed by atoms with van der Waals surface area (Å²) in [5, 5.41) is 0.810. The lowest BCUT2D eigenvalue weighted by atomic mass is 10.0. The largest absolute Gasteiger partial charge is 0.496 e. The van der Waals surface area contributed by atoms with Crippen LogP contribution >= 0.6 is 0 Å². The van der Waals surface area contributed by atoms with Crippen LogP contribution in [0.4, 0.5) is 0 Å². The molecule has 0 aliphatic carbocycles. The standard InChI is InChI=1S/C22H21NO3/c1-15(24)9-10-18-21(26-3)12-11-20-22(18)19(16(2)25)14-23(20)13-17-7-5-4-6-8-17/h4-12,14H,13H2,1-3H3/b10-9+. The molecule has 0 saturated heterocycles. The predicted octanol–water partition coefficient (Wildman–Crippen LogP) is 4.50. The lowest BCUT2D eigenvalue weighted by Gasteiger charge is -2.10. The zero-order chi connectivity index (χ0) is 18.7. The van der Waals surface area contributed by atoms with E-state index in [4.69, 9.17) is 4.74 Å². The lowest BCUT2D eigenvalue weighted by Crippen LogP contribution is -1.98. The summed E-state index contributed by atoms with van der Waals surface area (Å²) in [7, 11) is 1.58. The van der Waals surface area contributed by atoms with Gasteiger partial charge in [-0.15, -0.1) is 0 Å². The molecular weight excluding hydrogens is 326 g/mol. The van der Waals surface area contributed by atoms with E-state index in [2.05, 4.69) is 16.7 Å². The number of ether oxygens (including phenoxy) is 1. The van der Waals surface area contributed by atoms with E-state index in [0.29, 0.717) is 17.9 Å². The van der Waals surface area contributed by atoms with Crippen molar-refractivity contribution in [1.29, 1.82) is 0 Å². The number of hydrogen-bond acceptors (Lipinski definition) is 3. The Morgan fingerprint density at radius 1 is 1.08 bits per heavy atom. The Kier molecular flexibility index (Phi) is 5.03. The van der Waals surface area contributed by atoms with E-state index in [-0.39, 0.29) is 11.6 Å². The summed E-state index contributed by atoms with van der Waals surface area (Å²) in [6.07, 6.45) is 5.10. The number of carbonyl (C=O) groups is 2. The first kappa shape index (κ1) is 17.7. The molecular formula is C22H21NO3. The van der Waals surface area contributed by atoms with E-state index in [0.717, 1.165) is 22.0 Å². The molecule has 0 bridgehead atoms. The zero-order valence-electron chi connectivity index (χ0n) is 15.2. The molecule has 26 heavy (non-hydrogen) atoms. The molecule has 0 aliphatic heterocycles. The highest BCUT2D eigenvalue weighted by molar-refractivity contribution is 6.11. The van der Waals surface area contributed by atoms with Gasteiger partial charge in [0.1, 0.15) is 5.75 Å². The zero-order valence-corrected chi connectivity index (χ0v) is 15.2. The van der Waals surface area contributed by atoms with Gasteiger partial charge in [0.2, 0.25) is 0 Å². The van der Waals surface area contributed by atoms with Crippen molar-refractivity contribution < 1.29 is 14.3 Å². The number of hydrogen-bond donors (Lipinski definition) is 0. The average Bonchev–Trinajstić information content (AvgIpc) is 2.99. The van der Waals surface area contributed by atoms with Crippen molar-refractivity contribution in [2.75, 3.05) is 7.11 Å². The van der Waals surface area contributed by atoms with Crippen LogP contribution < -0.4 is 4.74 Å². The van der Waals surface area contributed by atoms with Crippen molar-refractivity contribution in [1.82, 2.24) is 4.57 Å². The Labute approximate surface area is 152 Å². The van der Waals surface area contributed by atoms with Crippen LogP contribution in [0.15, 0.2) is 54.7 Å². The molecule has 3 rings (SSSR count). The number of benzene rings is 2. The molecule has 0 radical (unpaired) electrons. The molecule has 0 N–H and O–H groups in total. The Balaban J connectivity index is 2.25. The number of aromatic nitrogens is 1. The van der Waals surface area contributed by atoms with Gasteiger partial charge in [-0.1, -0.05) is 30.3 Å². The molecule has 0 fully saturated rings. The SMILES string of the molecule is COc1ccc2c(c(C(C)=O)cn2Cc2ccccc2)c1/C=C/C(C)=O. The Hall–Kier alpha value is -3.14. The summed E-state index contributed by atoms with van der Waals surface area (Å²) in [6, 6.07) is 13.9. The Morgan fingerprint density at radius 2 is 1.81 bits per heavy atom. The number of carbonyl (C=O) groups excluding carboxylic acids is 2. The molecule has 132 valence electrons. The van der Waals surface area contributed by atoms with Crippen LogP contribution in [0.5, 0.6) is 5.75 Å².